The van der Waals surface area contributed by atoms with Gasteiger partial charge >= 0.3 is 6.09 Å². The summed E-state index contributed by atoms with van der Waals surface area (Å²) in [5.41, 5.74) is 8.29. The third-order valence-electron chi connectivity index (χ3n) is 3.15. The van der Waals surface area contributed by atoms with E-state index in [9.17, 15) is 13.2 Å². The van der Waals surface area contributed by atoms with Crippen LogP contribution in [0.25, 0.3) is 11.1 Å². The minimum absolute atomic E-state index is 0.460. The highest BCUT2D eigenvalue weighted by Gasteiger charge is 2.17. The third-order valence-corrected chi connectivity index (χ3v) is 4.34. The minimum atomic E-state index is -3.35. The van der Waals surface area contributed by atoms with Crippen molar-refractivity contribution in [3.05, 3.63) is 54.1 Å². The van der Waals surface area contributed by atoms with E-state index in [4.69, 9.17) is 10.8 Å². The number of rotatable bonds is 4. The van der Waals surface area contributed by atoms with E-state index in [1.807, 2.05) is 6.07 Å². The molecule has 116 valence electrons. The Labute approximate surface area is 128 Å². The highest BCUT2D eigenvalue weighted by Crippen LogP contribution is 2.25. The van der Waals surface area contributed by atoms with Crippen LogP contribution in [0.3, 0.4) is 0 Å². The molecule has 0 saturated carbocycles. The molecule has 1 amide bonds. The third kappa shape index (κ3) is 3.84. The summed E-state index contributed by atoms with van der Waals surface area (Å²) < 4.78 is 22.9. The lowest BCUT2D eigenvalue weighted by Crippen LogP contribution is -2.20. The molecule has 0 spiro atoms. The lowest BCUT2D eigenvalue weighted by atomic mass is 10.0. The zero-order valence-corrected chi connectivity index (χ0v) is 12.7. The van der Waals surface area contributed by atoms with Crippen LogP contribution in [-0.2, 0) is 9.84 Å². The SMILES string of the molecule is CS(=O)(=O)C(N)c1ccc(-c2cccc(NC(=O)O)c2)cc1. The van der Waals surface area contributed by atoms with E-state index >= 15 is 0 Å². The molecule has 2 aromatic carbocycles. The van der Waals surface area contributed by atoms with E-state index in [0.717, 1.165) is 17.4 Å². The molecule has 0 aromatic heterocycles. The fraction of sp³-hybridized carbons (Fsp3) is 0.133. The standard InChI is InChI=1S/C15H16N2O4S/c1-22(20,21)14(16)11-7-5-10(6-8-11)12-3-2-4-13(9-12)17-15(18)19/h2-9,14,17H,16H2,1H3,(H,18,19). The van der Waals surface area contributed by atoms with E-state index in [1.165, 1.54) is 0 Å². The van der Waals surface area contributed by atoms with Gasteiger partial charge in [-0.25, -0.2) is 13.2 Å². The Morgan fingerprint density at radius 2 is 1.77 bits per heavy atom. The van der Waals surface area contributed by atoms with Gasteiger partial charge in [0, 0.05) is 11.9 Å². The Kier molecular flexibility index (Phi) is 4.48. The molecule has 2 rings (SSSR count). The van der Waals surface area contributed by atoms with E-state index in [0.29, 0.717) is 11.3 Å². The van der Waals surface area contributed by atoms with Gasteiger partial charge in [-0.3, -0.25) is 5.32 Å². The molecule has 1 atom stereocenters. The molecule has 0 fully saturated rings. The number of benzene rings is 2. The summed E-state index contributed by atoms with van der Waals surface area (Å²) in [5.74, 6) is 0. The second-order valence-corrected chi connectivity index (χ2v) is 7.05. The number of amides is 1. The first-order valence-electron chi connectivity index (χ1n) is 6.42. The molecule has 7 heteroatoms. The van der Waals surface area contributed by atoms with Crippen LogP contribution in [0.4, 0.5) is 10.5 Å². The van der Waals surface area contributed by atoms with Crippen LogP contribution in [0.15, 0.2) is 48.5 Å². The van der Waals surface area contributed by atoms with Crippen LogP contribution in [0, 0.1) is 0 Å². The van der Waals surface area contributed by atoms with Crippen LogP contribution < -0.4 is 11.1 Å². The summed E-state index contributed by atoms with van der Waals surface area (Å²) in [4.78, 5) is 10.6. The van der Waals surface area contributed by atoms with Gasteiger partial charge < -0.3 is 10.8 Å². The normalized spacial score (nSPS) is 12.6. The van der Waals surface area contributed by atoms with Gasteiger partial charge in [-0.1, -0.05) is 36.4 Å². The molecule has 0 heterocycles. The van der Waals surface area contributed by atoms with Crippen LogP contribution in [-0.4, -0.2) is 25.9 Å². The molecule has 6 nitrogen and oxygen atoms in total. The number of hydrogen-bond donors (Lipinski definition) is 3. The minimum Gasteiger partial charge on any atom is -0.465 e. The number of anilines is 1. The van der Waals surface area contributed by atoms with E-state index in [-0.39, 0.29) is 0 Å². The summed E-state index contributed by atoms with van der Waals surface area (Å²) in [5, 5.41) is 9.95. The second-order valence-electron chi connectivity index (χ2n) is 4.88. The predicted octanol–water partition coefficient (Wildman–Crippen LogP) is 2.45. The van der Waals surface area contributed by atoms with Crippen molar-refractivity contribution >= 4 is 21.6 Å². The predicted molar refractivity (Wildman–Crippen MR) is 85.3 cm³/mol. The zero-order chi connectivity index (χ0) is 16.3. The molecular weight excluding hydrogens is 304 g/mol. The summed E-state index contributed by atoms with van der Waals surface area (Å²) >= 11 is 0. The Hall–Kier alpha value is -2.38. The van der Waals surface area contributed by atoms with Gasteiger partial charge in [-0.05, 0) is 28.8 Å². The van der Waals surface area contributed by atoms with Gasteiger partial charge in [-0.2, -0.15) is 0 Å². The Bertz CT molecular complexity index is 785. The van der Waals surface area contributed by atoms with Crippen LogP contribution in [0.1, 0.15) is 10.9 Å². The van der Waals surface area contributed by atoms with Crippen molar-refractivity contribution in [3.8, 4) is 11.1 Å². The van der Waals surface area contributed by atoms with Crippen LogP contribution in [0.5, 0.6) is 0 Å². The van der Waals surface area contributed by atoms with Crippen molar-refractivity contribution < 1.29 is 18.3 Å². The topological polar surface area (TPSA) is 109 Å². The zero-order valence-electron chi connectivity index (χ0n) is 11.9. The lowest BCUT2D eigenvalue weighted by molar-refractivity contribution is 0.210. The molecule has 4 N–H and O–H groups in total. The number of nitrogens with one attached hydrogen (secondary N) is 1. The van der Waals surface area contributed by atoms with Crippen molar-refractivity contribution in [2.24, 2.45) is 5.73 Å². The molecule has 22 heavy (non-hydrogen) atoms. The number of sulfone groups is 1. The maximum atomic E-state index is 11.4. The molecule has 2 aromatic rings. The average molecular weight is 320 g/mol. The molecule has 0 aliphatic carbocycles. The first-order chi connectivity index (χ1) is 10.3. The molecule has 0 saturated heterocycles. The highest BCUT2D eigenvalue weighted by atomic mass is 32.2. The summed E-state index contributed by atoms with van der Waals surface area (Å²) in [6, 6.07) is 13.7. The van der Waals surface area contributed by atoms with Gasteiger partial charge in [0.05, 0.1) is 0 Å². The largest absolute Gasteiger partial charge is 0.465 e. The Morgan fingerprint density at radius 1 is 1.14 bits per heavy atom. The smallest absolute Gasteiger partial charge is 0.409 e. The Morgan fingerprint density at radius 3 is 2.32 bits per heavy atom. The van der Waals surface area contributed by atoms with E-state index in [1.54, 1.807) is 42.5 Å². The quantitative estimate of drug-likeness (QED) is 0.801. The first-order valence-corrected chi connectivity index (χ1v) is 8.37. The fourth-order valence-corrected chi connectivity index (χ4v) is 2.66. The molecule has 1 unspecified atom stereocenters. The van der Waals surface area contributed by atoms with Crippen molar-refractivity contribution in [1.29, 1.82) is 0 Å². The Balaban J connectivity index is 2.29. The summed E-state index contributed by atoms with van der Waals surface area (Å²) in [7, 11) is -3.35. The van der Waals surface area contributed by atoms with Crippen molar-refractivity contribution in [3.63, 3.8) is 0 Å². The fourth-order valence-electron chi connectivity index (χ4n) is 2.01. The second kappa shape index (κ2) is 6.17. The van der Waals surface area contributed by atoms with E-state index in [2.05, 4.69) is 5.32 Å². The molecule has 0 bridgehead atoms. The number of carbonyl (C=O) groups is 1. The number of nitrogens with two attached hydrogens (primary N) is 1. The van der Waals surface area contributed by atoms with Crippen molar-refractivity contribution in [2.45, 2.75) is 5.37 Å². The highest BCUT2D eigenvalue weighted by molar-refractivity contribution is 7.90. The monoisotopic (exact) mass is 320 g/mol. The summed E-state index contributed by atoms with van der Waals surface area (Å²) in [6.07, 6.45) is -0.0429. The van der Waals surface area contributed by atoms with Gasteiger partial charge in [-0.15, -0.1) is 0 Å². The summed E-state index contributed by atoms with van der Waals surface area (Å²) in [6.45, 7) is 0. The van der Waals surface area contributed by atoms with Gasteiger partial charge in [0.25, 0.3) is 0 Å². The van der Waals surface area contributed by atoms with Gasteiger partial charge in [0.15, 0.2) is 9.84 Å². The molecule has 0 radical (unpaired) electrons. The van der Waals surface area contributed by atoms with Gasteiger partial charge in [0.1, 0.15) is 5.37 Å². The lowest BCUT2D eigenvalue weighted by Gasteiger charge is -2.11. The molecule has 0 aliphatic heterocycles. The van der Waals surface area contributed by atoms with Gasteiger partial charge in [0.2, 0.25) is 0 Å². The molecular formula is C15H16N2O4S. The van der Waals surface area contributed by atoms with Crippen molar-refractivity contribution in [1.82, 2.24) is 0 Å². The first kappa shape index (κ1) is 16.0. The number of carboxylic acid groups (broad SMARTS) is 1. The maximum absolute atomic E-state index is 11.4. The maximum Gasteiger partial charge on any atom is 0.409 e. The average Bonchev–Trinajstić information content (AvgIpc) is 2.45. The molecule has 0 aliphatic rings. The van der Waals surface area contributed by atoms with Crippen LogP contribution >= 0.6 is 0 Å². The number of hydrogen-bond acceptors (Lipinski definition) is 4. The van der Waals surface area contributed by atoms with Crippen LogP contribution in [0.2, 0.25) is 0 Å². The van der Waals surface area contributed by atoms with Crippen molar-refractivity contribution in [2.75, 3.05) is 11.6 Å². The van der Waals surface area contributed by atoms with E-state index < -0.39 is 21.3 Å².